The molecule has 0 aliphatic heterocycles. The Morgan fingerprint density at radius 2 is 2.19 bits per heavy atom. The lowest BCUT2D eigenvalue weighted by Gasteiger charge is -2.00. The number of aromatic nitrogens is 2. The summed E-state index contributed by atoms with van der Waals surface area (Å²) in [6.07, 6.45) is 1.51. The maximum Gasteiger partial charge on any atom is 0.339 e. The first kappa shape index (κ1) is 10.4. The molecule has 16 heavy (non-hydrogen) atoms. The van der Waals surface area contributed by atoms with Gasteiger partial charge in [0.2, 0.25) is 0 Å². The van der Waals surface area contributed by atoms with Crippen LogP contribution >= 0.6 is 0 Å². The summed E-state index contributed by atoms with van der Waals surface area (Å²) in [5, 5.41) is 13.2. The van der Waals surface area contributed by atoms with E-state index >= 15 is 0 Å². The quantitative estimate of drug-likeness (QED) is 0.836. The van der Waals surface area contributed by atoms with Crippen LogP contribution in [0, 0.1) is 6.92 Å². The van der Waals surface area contributed by atoms with Crippen LogP contribution < -0.4 is 0 Å². The molecule has 1 heterocycles. The number of carboxylic acids is 1. The molecule has 4 nitrogen and oxygen atoms in total. The third-order valence-corrected chi connectivity index (χ3v) is 2.35. The minimum atomic E-state index is -0.954. The molecule has 0 saturated carbocycles. The Kier molecular flexibility index (Phi) is 2.48. The van der Waals surface area contributed by atoms with Crippen molar-refractivity contribution in [2.45, 2.75) is 6.92 Å². The monoisotopic (exact) mass is 216 g/mol. The fraction of sp³-hybridized carbons (Fsp3) is 0.167. The van der Waals surface area contributed by atoms with Gasteiger partial charge in [0.05, 0.1) is 0 Å². The van der Waals surface area contributed by atoms with E-state index in [0.717, 1.165) is 11.1 Å². The number of hydrogen-bond donors (Lipinski definition) is 1. The lowest BCUT2D eigenvalue weighted by atomic mass is 10.1. The van der Waals surface area contributed by atoms with E-state index in [2.05, 4.69) is 5.10 Å². The van der Waals surface area contributed by atoms with Crippen molar-refractivity contribution < 1.29 is 9.90 Å². The molecule has 1 N–H and O–H groups in total. The highest BCUT2D eigenvalue weighted by molar-refractivity contribution is 5.94. The van der Waals surface area contributed by atoms with Crippen molar-refractivity contribution >= 4 is 5.97 Å². The molecule has 0 unspecified atom stereocenters. The van der Waals surface area contributed by atoms with E-state index in [1.807, 2.05) is 31.2 Å². The number of benzene rings is 1. The Bertz CT molecular complexity index is 544. The van der Waals surface area contributed by atoms with Crippen LogP contribution in [0.2, 0.25) is 0 Å². The third-order valence-electron chi connectivity index (χ3n) is 2.35. The summed E-state index contributed by atoms with van der Waals surface area (Å²) in [6.45, 7) is 1.97. The summed E-state index contributed by atoms with van der Waals surface area (Å²) in [5.74, 6) is -0.954. The lowest BCUT2D eigenvalue weighted by Crippen LogP contribution is -1.96. The maximum atomic E-state index is 11.0. The predicted molar refractivity (Wildman–Crippen MR) is 60.3 cm³/mol. The number of rotatable bonds is 2. The second kappa shape index (κ2) is 3.81. The second-order valence-electron chi connectivity index (χ2n) is 3.74. The molecular weight excluding hydrogens is 204 g/mol. The molecule has 0 fully saturated rings. The number of aromatic carboxylic acids is 1. The van der Waals surface area contributed by atoms with Gasteiger partial charge in [0.15, 0.2) is 0 Å². The molecule has 2 rings (SSSR count). The standard InChI is InChI=1S/C12H12N2O2/c1-8-4-3-5-9(6-8)11-10(12(15)16)7-14(2)13-11/h3-7H,1-2H3,(H,15,16). The van der Waals surface area contributed by atoms with Crippen LogP contribution in [0.15, 0.2) is 30.5 Å². The Morgan fingerprint density at radius 3 is 2.81 bits per heavy atom. The molecule has 0 saturated heterocycles. The van der Waals surface area contributed by atoms with Crippen LogP contribution in [0.1, 0.15) is 15.9 Å². The van der Waals surface area contributed by atoms with Crippen LogP contribution in [0.4, 0.5) is 0 Å². The summed E-state index contributed by atoms with van der Waals surface area (Å²) in [4.78, 5) is 11.0. The summed E-state index contributed by atoms with van der Waals surface area (Å²) in [7, 11) is 1.71. The van der Waals surface area contributed by atoms with Crippen LogP contribution in [-0.4, -0.2) is 20.9 Å². The summed E-state index contributed by atoms with van der Waals surface area (Å²) in [6, 6.07) is 7.65. The fourth-order valence-corrected chi connectivity index (χ4v) is 1.65. The van der Waals surface area contributed by atoms with Gasteiger partial charge in [-0.05, 0) is 13.0 Å². The van der Waals surface area contributed by atoms with E-state index in [1.54, 1.807) is 7.05 Å². The number of hydrogen-bond acceptors (Lipinski definition) is 2. The van der Waals surface area contributed by atoms with Crippen molar-refractivity contribution in [2.24, 2.45) is 7.05 Å². The molecule has 0 spiro atoms. The van der Waals surface area contributed by atoms with Crippen LogP contribution in [0.3, 0.4) is 0 Å². The van der Waals surface area contributed by atoms with Gasteiger partial charge in [-0.2, -0.15) is 5.10 Å². The number of aryl methyl sites for hydroxylation is 2. The first-order chi connectivity index (χ1) is 7.58. The average Bonchev–Trinajstić information content (AvgIpc) is 2.60. The van der Waals surface area contributed by atoms with Gasteiger partial charge >= 0.3 is 5.97 Å². The number of nitrogens with zero attached hydrogens (tertiary/aromatic N) is 2. The third kappa shape index (κ3) is 1.82. The van der Waals surface area contributed by atoms with Crippen molar-refractivity contribution in [1.29, 1.82) is 0 Å². The van der Waals surface area contributed by atoms with Gasteiger partial charge in [-0.3, -0.25) is 4.68 Å². The average molecular weight is 216 g/mol. The normalized spacial score (nSPS) is 10.4. The molecule has 0 amide bonds. The topological polar surface area (TPSA) is 55.1 Å². The van der Waals surface area contributed by atoms with Gasteiger partial charge in [0.1, 0.15) is 11.3 Å². The molecule has 4 heteroatoms. The first-order valence-corrected chi connectivity index (χ1v) is 4.92. The van der Waals surface area contributed by atoms with Crippen LogP contribution in [0.5, 0.6) is 0 Å². The summed E-state index contributed by atoms with van der Waals surface area (Å²) < 4.78 is 1.52. The number of carboxylic acid groups (broad SMARTS) is 1. The van der Waals surface area contributed by atoms with Crippen molar-refractivity contribution in [3.05, 3.63) is 41.6 Å². The van der Waals surface area contributed by atoms with E-state index in [0.29, 0.717) is 5.69 Å². The Labute approximate surface area is 93.1 Å². The molecule has 0 radical (unpaired) electrons. The molecule has 0 aliphatic rings. The van der Waals surface area contributed by atoms with Gasteiger partial charge < -0.3 is 5.11 Å². The van der Waals surface area contributed by atoms with Gasteiger partial charge in [-0.25, -0.2) is 4.79 Å². The second-order valence-corrected chi connectivity index (χ2v) is 3.74. The smallest absolute Gasteiger partial charge is 0.339 e. The van der Waals surface area contributed by atoms with E-state index < -0.39 is 5.97 Å². The molecule has 1 aromatic carbocycles. The van der Waals surface area contributed by atoms with Crippen molar-refractivity contribution in [3.8, 4) is 11.3 Å². The zero-order valence-corrected chi connectivity index (χ0v) is 9.14. The summed E-state index contributed by atoms with van der Waals surface area (Å²) >= 11 is 0. The zero-order chi connectivity index (χ0) is 11.7. The first-order valence-electron chi connectivity index (χ1n) is 4.92. The highest BCUT2D eigenvalue weighted by Crippen LogP contribution is 2.22. The maximum absolute atomic E-state index is 11.0. The van der Waals surface area contributed by atoms with E-state index in [9.17, 15) is 4.79 Å². The summed E-state index contributed by atoms with van der Waals surface area (Å²) in [5.41, 5.74) is 2.66. The minimum absolute atomic E-state index is 0.230. The zero-order valence-electron chi connectivity index (χ0n) is 9.14. The van der Waals surface area contributed by atoms with Gasteiger partial charge in [-0.1, -0.05) is 23.8 Å². The van der Waals surface area contributed by atoms with Crippen LogP contribution in [0.25, 0.3) is 11.3 Å². The highest BCUT2D eigenvalue weighted by atomic mass is 16.4. The minimum Gasteiger partial charge on any atom is -0.478 e. The molecule has 0 aliphatic carbocycles. The van der Waals surface area contributed by atoms with Crippen LogP contribution in [-0.2, 0) is 7.05 Å². The molecule has 0 bridgehead atoms. The fourth-order valence-electron chi connectivity index (χ4n) is 1.65. The SMILES string of the molecule is Cc1cccc(-c2nn(C)cc2C(=O)O)c1. The number of carbonyl (C=O) groups is 1. The Morgan fingerprint density at radius 1 is 1.44 bits per heavy atom. The molecule has 0 atom stereocenters. The molecule has 1 aromatic heterocycles. The van der Waals surface area contributed by atoms with Gasteiger partial charge in [0, 0.05) is 18.8 Å². The largest absolute Gasteiger partial charge is 0.478 e. The predicted octanol–water partition coefficient (Wildman–Crippen LogP) is 2.09. The lowest BCUT2D eigenvalue weighted by molar-refractivity contribution is 0.0697. The van der Waals surface area contributed by atoms with E-state index in [4.69, 9.17) is 5.11 Å². The van der Waals surface area contributed by atoms with Crippen molar-refractivity contribution in [3.63, 3.8) is 0 Å². The van der Waals surface area contributed by atoms with E-state index in [1.165, 1.54) is 10.9 Å². The Balaban J connectivity index is 2.59. The van der Waals surface area contributed by atoms with Crippen molar-refractivity contribution in [2.75, 3.05) is 0 Å². The van der Waals surface area contributed by atoms with Gasteiger partial charge in [0.25, 0.3) is 0 Å². The Hall–Kier alpha value is -2.10. The van der Waals surface area contributed by atoms with Crippen molar-refractivity contribution in [1.82, 2.24) is 9.78 Å². The van der Waals surface area contributed by atoms with E-state index in [-0.39, 0.29) is 5.56 Å². The highest BCUT2D eigenvalue weighted by Gasteiger charge is 2.15. The molecule has 82 valence electrons. The molecule has 2 aromatic rings. The van der Waals surface area contributed by atoms with Gasteiger partial charge in [-0.15, -0.1) is 0 Å². The molecular formula is C12H12N2O2.